The molecule has 8 nitrogen and oxygen atoms in total. The second-order valence-corrected chi connectivity index (χ2v) is 5.18. The zero-order chi connectivity index (χ0) is 18.8. The molecule has 2 rings (SSSR count). The van der Waals surface area contributed by atoms with Crippen molar-refractivity contribution in [1.29, 1.82) is 0 Å². The number of rotatable bonds is 8. The Hall–Kier alpha value is -3.29. The van der Waals surface area contributed by atoms with Crippen LogP contribution in [0.3, 0.4) is 0 Å². The normalized spacial score (nSPS) is 10.0. The van der Waals surface area contributed by atoms with E-state index in [2.05, 4.69) is 10.9 Å². The number of nitrogens with one attached hydrogen (secondary N) is 2. The number of carbonyl (C=O) groups is 3. The molecule has 0 saturated heterocycles. The maximum atomic E-state index is 11.8. The molecule has 0 saturated carbocycles. The number of furan rings is 1. The number of hydrazine groups is 1. The van der Waals surface area contributed by atoms with Crippen LogP contribution in [0.4, 0.5) is 0 Å². The zero-order valence-electron chi connectivity index (χ0n) is 14.3. The predicted molar refractivity (Wildman–Crippen MR) is 91.2 cm³/mol. The van der Waals surface area contributed by atoms with Gasteiger partial charge in [0.2, 0.25) is 0 Å². The van der Waals surface area contributed by atoms with Crippen LogP contribution >= 0.6 is 0 Å². The van der Waals surface area contributed by atoms with E-state index in [1.54, 1.807) is 6.07 Å². The molecule has 0 aliphatic heterocycles. The van der Waals surface area contributed by atoms with E-state index in [1.165, 1.54) is 12.3 Å². The van der Waals surface area contributed by atoms with E-state index in [0.717, 1.165) is 11.3 Å². The number of carbonyl (C=O) groups excluding carboxylic acids is 3. The number of amides is 2. The minimum absolute atomic E-state index is 0.0512. The summed E-state index contributed by atoms with van der Waals surface area (Å²) in [6, 6.07) is 10.4. The summed E-state index contributed by atoms with van der Waals surface area (Å²) in [5.74, 6) is -1.02. The molecule has 26 heavy (non-hydrogen) atoms. The van der Waals surface area contributed by atoms with Crippen molar-refractivity contribution in [3.8, 4) is 5.75 Å². The minimum Gasteiger partial charge on any atom is -0.494 e. The quantitative estimate of drug-likeness (QED) is 0.547. The fourth-order valence-electron chi connectivity index (χ4n) is 2.09. The second-order valence-electron chi connectivity index (χ2n) is 5.18. The summed E-state index contributed by atoms with van der Waals surface area (Å²) in [7, 11) is 0. The fourth-order valence-corrected chi connectivity index (χ4v) is 2.09. The van der Waals surface area contributed by atoms with E-state index >= 15 is 0 Å². The summed E-state index contributed by atoms with van der Waals surface area (Å²) in [5, 5.41) is 0. The van der Waals surface area contributed by atoms with Crippen LogP contribution < -0.4 is 15.6 Å². The van der Waals surface area contributed by atoms with Crippen LogP contribution in [0.5, 0.6) is 5.75 Å². The number of aryl methyl sites for hydroxylation is 1. The zero-order valence-corrected chi connectivity index (χ0v) is 14.3. The summed E-state index contributed by atoms with van der Waals surface area (Å²) in [6.45, 7) is 1.92. The van der Waals surface area contributed by atoms with Crippen LogP contribution in [0.25, 0.3) is 0 Å². The Morgan fingerprint density at radius 3 is 2.62 bits per heavy atom. The molecule has 0 radical (unpaired) electrons. The number of esters is 1. The van der Waals surface area contributed by atoms with Gasteiger partial charge in [-0.2, -0.15) is 0 Å². The van der Waals surface area contributed by atoms with Gasteiger partial charge < -0.3 is 13.9 Å². The Balaban J connectivity index is 1.68. The van der Waals surface area contributed by atoms with Crippen molar-refractivity contribution in [2.45, 2.75) is 19.8 Å². The van der Waals surface area contributed by atoms with Gasteiger partial charge in [-0.1, -0.05) is 18.2 Å². The SMILES string of the molecule is CCOc1ccccc1CCC(=O)OCC(=O)NNC(=O)c1ccco1. The highest BCUT2D eigenvalue weighted by Gasteiger charge is 2.12. The van der Waals surface area contributed by atoms with Crippen LogP contribution in [0, 0.1) is 0 Å². The van der Waals surface area contributed by atoms with E-state index < -0.39 is 24.4 Å². The van der Waals surface area contributed by atoms with Crippen molar-refractivity contribution in [3.05, 3.63) is 54.0 Å². The molecule has 138 valence electrons. The lowest BCUT2D eigenvalue weighted by Crippen LogP contribution is -2.43. The third-order valence-corrected chi connectivity index (χ3v) is 3.30. The highest BCUT2D eigenvalue weighted by Crippen LogP contribution is 2.19. The highest BCUT2D eigenvalue weighted by atomic mass is 16.5. The first kappa shape index (κ1) is 19.0. The molecule has 1 aromatic heterocycles. The Bertz CT molecular complexity index is 742. The van der Waals surface area contributed by atoms with Gasteiger partial charge in [-0.25, -0.2) is 0 Å². The molecule has 0 unspecified atom stereocenters. The summed E-state index contributed by atoms with van der Waals surface area (Å²) >= 11 is 0. The third-order valence-electron chi connectivity index (χ3n) is 3.30. The first-order valence-electron chi connectivity index (χ1n) is 8.09. The third kappa shape index (κ3) is 5.97. The van der Waals surface area contributed by atoms with Gasteiger partial charge in [0.1, 0.15) is 5.75 Å². The lowest BCUT2D eigenvalue weighted by atomic mass is 10.1. The van der Waals surface area contributed by atoms with Gasteiger partial charge in [0.05, 0.1) is 12.9 Å². The van der Waals surface area contributed by atoms with E-state index in [0.29, 0.717) is 13.0 Å². The minimum atomic E-state index is -0.659. The maximum absolute atomic E-state index is 11.8. The fraction of sp³-hybridized carbons (Fsp3) is 0.278. The van der Waals surface area contributed by atoms with Gasteiger partial charge in [0.15, 0.2) is 12.4 Å². The van der Waals surface area contributed by atoms with Gasteiger partial charge in [-0.15, -0.1) is 0 Å². The Morgan fingerprint density at radius 2 is 1.88 bits per heavy atom. The molecule has 2 aromatic rings. The molecular weight excluding hydrogens is 340 g/mol. The summed E-state index contributed by atoms with van der Waals surface area (Å²) in [5.41, 5.74) is 5.17. The van der Waals surface area contributed by atoms with Crippen LogP contribution in [0.2, 0.25) is 0 Å². The molecule has 0 aliphatic rings. The number of benzene rings is 1. The monoisotopic (exact) mass is 360 g/mol. The van der Waals surface area contributed by atoms with Gasteiger partial charge in [-0.05, 0) is 37.1 Å². The molecule has 2 N–H and O–H groups in total. The lowest BCUT2D eigenvalue weighted by Gasteiger charge is -2.10. The number of ether oxygens (including phenoxy) is 2. The second kappa shape index (κ2) is 9.87. The molecule has 0 atom stereocenters. The van der Waals surface area contributed by atoms with Crippen molar-refractivity contribution in [2.75, 3.05) is 13.2 Å². The molecule has 0 bridgehead atoms. The lowest BCUT2D eigenvalue weighted by molar-refractivity contribution is -0.148. The number of para-hydroxylation sites is 1. The number of hydrogen-bond acceptors (Lipinski definition) is 6. The van der Waals surface area contributed by atoms with Crippen molar-refractivity contribution >= 4 is 17.8 Å². The maximum Gasteiger partial charge on any atom is 0.306 e. The summed E-state index contributed by atoms with van der Waals surface area (Å²) in [4.78, 5) is 34.9. The Morgan fingerprint density at radius 1 is 1.08 bits per heavy atom. The first-order valence-corrected chi connectivity index (χ1v) is 8.09. The summed E-state index contributed by atoms with van der Waals surface area (Å²) in [6.07, 6.45) is 1.88. The molecule has 8 heteroatoms. The Labute approximate surface area is 150 Å². The van der Waals surface area contributed by atoms with Crippen molar-refractivity contribution in [2.24, 2.45) is 0 Å². The van der Waals surface area contributed by atoms with Gasteiger partial charge in [0.25, 0.3) is 5.91 Å². The van der Waals surface area contributed by atoms with E-state index in [9.17, 15) is 14.4 Å². The van der Waals surface area contributed by atoms with Crippen LogP contribution in [0.1, 0.15) is 29.5 Å². The topological polar surface area (TPSA) is 107 Å². The van der Waals surface area contributed by atoms with Gasteiger partial charge in [0, 0.05) is 6.42 Å². The highest BCUT2D eigenvalue weighted by molar-refractivity contribution is 5.93. The summed E-state index contributed by atoms with van der Waals surface area (Å²) < 4.78 is 15.2. The van der Waals surface area contributed by atoms with Crippen molar-refractivity contribution in [1.82, 2.24) is 10.9 Å². The Kier molecular flexibility index (Phi) is 7.23. The average Bonchev–Trinajstić information content (AvgIpc) is 3.19. The van der Waals surface area contributed by atoms with E-state index in [4.69, 9.17) is 13.9 Å². The van der Waals surface area contributed by atoms with Gasteiger partial charge >= 0.3 is 11.9 Å². The smallest absolute Gasteiger partial charge is 0.306 e. The number of hydrogen-bond donors (Lipinski definition) is 2. The van der Waals surface area contributed by atoms with Crippen molar-refractivity contribution < 1.29 is 28.3 Å². The standard InChI is InChI=1S/C18H20N2O6/c1-2-24-14-7-4-3-6-13(14)9-10-17(22)26-12-16(21)19-20-18(23)15-8-5-11-25-15/h3-8,11H,2,9-10,12H2,1H3,(H,19,21)(H,20,23). The molecule has 0 spiro atoms. The first-order chi connectivity index (χ1) is 12.6. The average molecular weight is 360 g/mol. The van der Waals surface area contributed by atoms with E-state index in [1.807, 2.05) is 31.2 Å². The molecule has 1 heterocycles. The largest absolute Gasteiger partial charge is 0.494 e. The van der Waals surface area contributed by atoms with Crippen LogP contribution in [-0.4, -0.2) is 31.0 Å². The molecule has 2 amide bonds. The van der Waals surface area contributed by atoms with Gasteiger partial charge in [-0.3, -0.25) is 25.2 Å². The molecule has 1 aromatic carbocycles. The van der Waals surface area contributed by atoms with Crippen molar-refractivity contribution in [3.63, 3.8) is 0 Å². The molecule has 0 aliphatic carbocycles. The van der Waals surface area contributed by atoms with Crippen LogP contribution in [0.15, 0.2) is 47.1 Å². The molecular formula is C18H20N2O6. The van der Waals surface area contributed by atoms with Crippen LogP contribution in [-0.2, 0) is 20.7 Å². The predicted octanol–water partition coefficient (Wildman–Crippen LogP) is 1.62. The van der Waals surface area contributed by atoms with E-state index in [-0.39, 0.29) is 12.2 Å². The molecule has 0 fully saturated rings.